The monoisotopic (exact) mass is 761 g/mol. The minimum absolute atomic E-state index is 0.0515. The molecule has 10 heteroatoms. The molecule has 0 bridgehead atoms. The third-order valence-corrected chi connectivity index (χ3v) is 10.9. The molecule has 310 valence electrons. The predicted molar refractivity (Wildman–Crippen MR) is 218 cm³/mol. The molecule has 0 aliphatic heterocycles. The summed E-state index contributed by atoms with van der Waals surface area (Å²) in [4.78, 5) is 22.7. The number of amides is 1. The number of hydrogen-bond acceptors (Lipinski definition) is 7. The largest absolute Gasteiger partial charge is 0.472 e. The Morgan fingerprint density at radius 2 is 1.06 bits per heavy atom. The van der Waals surface area contributed by atoms with Crippen molar-refractivity contribution in [1.82, 2.24) is 5.32 Å². The molecule has 0 aliphatic carbocycles. The number of aliphatic hydroxyl groups excluding tert-OH is 2. The molecule has 0 spiro atoms. The second-order valence-electron chi connectivity index (χ2n) is 15.1. The molecule has 4 unspecified atom stereocenters. The Balaban J connectivity index is 4.32. The summed E-state index contributed by atoms with van der Waals surface area (Å²) in [7, 11) is -4.39. The zero-order valence-corrected chi connectivity index (χ0v) is 34.8. The number of nitrogens with two attached hydrogens (primary N) is 1. The molecule has 52 heavy (non-hydrogen) atoms. The van der Waals surface area contributed by atoms with Crippen LogP contribution in [0.25, 0.3) is 0 Å². The van der Waals surface area contributed by atoms with Gasteiger partial charge >= 0.3 is 7.82 Å². The number of phosphoric acid groups is 1. The van der Waals surface area contributed by atoms with Crippen molar-refractivity contribution in [3.05, 3.63) is 12.2 Å². The normalized spacial score (nSPS) is 14.8. The highest BCUT2D eigenvalue weighted by Gasteiger charge is 2.27. The van der Waals surface area contributed by atoms with Gasteiger partial charge < -0.3 is 26.2 Å². The second-order valence-corrected chi connectivity index (χ2v) is 16.6. The van der Waals surface area contributed by atoms with E-state index in [0.717, 1.165) is 38.5 Å². The molecule has 4 atom stereocenters. The van der Waals surface area contributed by atoms with Crippen LogP contribution < -0.4 is 11.1 Å². The van der Waals surface area contributed by atoms with Crippen LogP contribution in [0, 0.1) is 0 Å². The van der Waals surface area contributed by atoms with Crippen molar-refractivity contribution in [2.75, 3.05) is 19.8 Å². The van der Waals surface area contributed by atoms with Crippen LogP contribution in [0.2, 0.25) is 0 Å². The molecule has 6 N–H and O–H groups in total. The van der Waals surface area contributed by atoms with Gasteiger partial charge in [-0.15, -0.1) is 0 Å². The van der Waals surface area contributed by atoms with Gasteiger partial charge in [-0.2, -0.15) is 0 Å². The molecule has 0 heterocycles. The van der Waals surface area contributed by atoms with Crippen molar-refractivity contribution < 1.29 is 33.5 Å². The van der Waals surface area contributed by atoms with Crippen LogP contribution >= 0.6 is 7.82 Å². The first-order valence-corrected chi connectivity index (χ1v) is 23.4. The third kappa shape index (κ3) is 36.2. The number of carbonyl (C=O) groups excluding carboxylic acids is 1. The first-order chi connectivity index (χ1) is 25.3. The lowest BCUT2D eigenvalue weighted by Gasteiger charge is -2.24. The van der Waals surface area contributed by atoms with E-state index < -0.39 is 38.6 Å². The smallest absolute Gasteiger partial charge is 0.393 e. The van der Waals surface area contributed by atoms with Crippen molar-refractivity contribution in [2.45, 2.75) is 231 Å². The number of phosphoric ester groups is 1. The molecule has 0 aromatic heterocycles. The molecule has 0 saturated heterocycles. The summed E-state index contributed by atoms with van der Waals surface area (Å²) in [6.07, 6.45) is 38.6. The summed E-state index contributed by atoms with van der Waals surface area (Å²) in [5.74, 6) is -0.443. The van der Waals surface area contributed by atoms with Gasteiger partial charge in [0.15, 0.2) is 0 Å². The number of allylic oxidation sites excluding steroid dienone is 1. The van der Waals surface area contributed by atoms with E-state index in [1.807, 2.05) is 6.08 Å². The Labute approximate surface area is 320 Å². The van der Waals surface area contributed by atoms with Gasteiger partial charge in [-0.05, 0) is 19.3 Å². The Morgan fingerprint density at radius 3 is 1.48 bits per heavy atom. The quantitative estimate of drug-likeness (QED) is 0.0235. The van der Waals surface area contributed by atoms with E-state index in [-0.39, 0.29) is 19.6 Å². The molecule has 0 aliphatic rings. The van der Waals surface area contributed by atoms with Crippen LogP contribution in [0.3, 0.4) is 0 Å². The van der Waals surface area contributed by atoms with E-state index in [9.17, 15) is 24.5 Å². The second kappa shape index (κ2) is 38.5. The van der Waals surface area contributed by atoms with Crippen molar-refractivity contribution >= 4 is 13.7 Å². The van der Waals surface area contributed by atoms with Crippen LogP contribution in [0.15, 0.2) is 12.2 Å². The molecule has 0 saturated carbocycles. The lowest BCUT2D eigenvalue weighted by atomic mass is 10.0. The van der Waals surface area contributed by atoms with E-state index in [1.54, 1.807) is 6.08 Å². The average Bonchev–Trinajstić information content (AvgIpc) is 3.12. The zero-order valence-electron chi connectivity index (χ0n) is 33.9. The highest BCUT2D eigenvalue weighted by molar-refractivity contribution is 7.47. The first-order valence-electron chi connectivity index (χ1n) is 21.9. The van der Waals surface area contributed by atoms with Crippen LogP contribution in [0.4, 0.5) is 0 Å². The van der Waals surface area contributed by atoms with E-state index in [2.05, 4.69) is 19.2 Å². The lowest BCUT2D eigenvalue weighted by molar-refractivity contribution is -0.124. The van der Waals surface area contributed by atoms with Crippen LogP contribution in [-0.2, 0) is 18.4 Å². The van der Waals surface area contributed by atoms with Crippen molar-refractivity contribution in [3.63, 3.8) is 0 Å². The van der Waals surface area contributed by atoms with Gasteiger partial charge in [-0.1, -0.05) is 199 Å². The summed E-state index contributed by atoms with van der Waals surface area (Å²) < 4.78 is 22.1. The van der Waals surface area contributed by atoms with Gasteiger partial charge in [0.2, 0.25) is 5.91 Å². The van der Waals surface area contributed by atoms with Crippen LogP contribution in [0.5, 0.6) is 0 Å². The van der Waals surface area contributed by atoms with Crippen molar-refractivity contribution in [3.8, 4) is 0 Å². The Bertz CT molecular complexity index is 847. The zero-order chi connectivity index (χ0) is 38.4. The van der Waals surface area contributed by atoms with Gasteiger partial charge in [-0.25, -0.2) is 4.57 Å². The molecular weight excluding hydrogens is 675 g/mol. The Kier molecular flexibility index (Phi) is 37.9. The first kappa shape index (κ1) is 51.2. The summed E-state index contributed by atoms with van der Waals surface area (Å²) in [5, 5.41) is 24.0. The fourth-order valence-corrected chi connectivity index (χ4v) is 7.35. The Hall–Kier alpha value is -0.800. The van der Waals surface area contributed by atoms with E-state index in [0.29, 0.717) is 6.42 Å². The van der Waals surface area contributed by atoms with E-state index >= 15 is 0 Å². The molecule has 0 fully saturated rings. The summed E-state index contributed by atoms with van der Waals surface area (Å²) in [6.45, 7) is 3.99. The fraction of sp³-hybridized carbons (Fsp3) is 0.929. The van der Waals surface area contributed by atoms with Crippen LogP contribution in [0.1, 0.15) is 213 Å². The van der Waals surface area contributed by atoms with Crippen LogP contribution in [-0.4, -0.2) is 59.0 Å². The van der Waals surface area contributed by atoms with Crippen molar-refractivity contribution in [1.29, 1.82) is 0 Å². The minimum Gasteiger partial charge on any atom is -0.393 e. The van der Waals surface area contributed by atoms with Gasteiger partial charge in [0.25, 0.3) is 0 Å². The van der Waals surface area contributed by atoms with Gasteiger partial charge in [0.1, 0.15) is 0 Å². The maximum atomic E-state index is 12.8. The minimum atomic E-state index is -4.39. The maximum absolute atomic E-state index is 12.8. The fourth-order valence-electron chi connectivity index (χ4n) is 6.59. The van der Waals surface area contributed by atoms with Crippen molar-refractivity contribution in [2.24, 2.45) is 5.73 Å². The topological polar surface area (TPSA) is 151 Å². The number of rotatable bonds is 41. The predicted octanol–water partition coefficient (Wildman–Crippen LogP) is 11.0. The average molecular weight is 761 g/mol. The SMILES string of the molecule is CCCCCCCCCCCCCCCC/C=C/C(O)C(COP(=O)(O)OCCN)NC(=O)CC(O)CCCCCCCCCCCCCCCC. The summed E-state index contributed by atoms with van der Waals surface area (Å²) in [5.41, 5.74) is 5.36. The number of hydrogen-bond donors (Lipinski definition) is 5. The van der Waals surface area contributed by atoms with E-state index in [1.165, 1.54) is 148 Å². The molecule has 0 aromatic rings. The number of unbranched alkanes of at least 4 members (excludes halogenated alkanes) is 27. The summed E-state index contributed by atoms with van der Waals surface area (Å²) >= 11 is 0. The number of nitrogens with one attached hydrogen (secondary N) is 1. The third-order valence-electron chi connectivity index (χ3n) is 9.92. The molecule has 0 radical (unpaired) electrons. The maximum Gasteiger partial charge on any atom is 0.472 e. The number of aliphatic hydroxyl groups is 2. The molecule has 0 rings (SSSR count). The van der Waals surface area contributed by atoms with Gasteiger partial charge in [0, 0.05) is 6.54 Å². The standard InChI is InChI=1S/C42H85N2O7P/c1-3-5-7-9-11-13-15-17-19-20-22-24-26-28-30-32-34-41(46)40(38-51-52(48,49)50-36-35-43)44-42(47)37-39(45)33-31-29-27-25-23-21-18-16-14-12-10-8-6-4-2/h32,34,39-41,45-46H,3-31,33,35-38,43H2,1-2H3,(H,44,47)(H,48,49)/b34-32+. The number of carbonyl (C=O) groups is 1. The summed E-state index contributed by atoms with van der Waals surface area (Å²) in [6, 6.07) is -0.977. The molecule has 0 aromatic carbocycles. The van der Waals surface area contributed by atoms with Gasteiger partial charge in [-0.3, -0.25) is 13.8 Å². The molecule has 1 amide bonds. The molecular formula is C42H85N2O7P. The lowest BCUT2D eigenvalue weighted by Crippen LogP contribution is -2.46. The van der Waals surface area contributed by atoms with Gasteiger partial charge in [0.05, 0.1) is 37.9 Å². The highest BCUT2D eigenvalue weighted by atomic mass is 31.2. The van der Waals surface area contributed by atoms with E-state index in [4.69, 9.17) is 14.8 Å². The molecule has 9 nitrogen and oxygen atoms in total. The Morgan fingerprint density at radius 1 is 0.654 bits per heavy atom. The highest BCUT2D eigenvalue weighted by Crippen LogP contribution is 2.43.